The van der Waals surface area contributed by atoms with Crippen LogP contribution in [0.1, 0.15) is 0 Å². The number of anilines is 3. The Hall–Kier alpha value is -4.86. The third-order valence-electron chi connectivity index (χ3n) is 7.57. The molecule has 0 bridgehead atoms. The van der Waals surface area contributed by atoms with Gasteiger partial charge in [0.1, 0.15) is 0 Å². The molecule has 0 atom stereocenters. The maximum Gasteiger partial charge on any atom is 0.0719 e. The highest BCUT2D eigenvalue weighted by Crippen LogP contribution is 2.43. The lowest BCUT2D eigenvalue weighted by Gasteiger charge is -2.25. The Balaban J connectivity index is 1.36. The first-order valence-electron chi connectivity index (χ1n) is 13.2. The summed E-state index contributed by atoms with van der Waals surface area (Å²) in [7, 11) is 0. The summed E-state index contributed by atoms with van der Waals surface area (Å²) >= 11 is 1.89. The molecule has 0 aliphatic rings. The Morgan fingerprint density at radius 1 is 0.436 bits per heavy atom. The van der Waals surface area contributed by atoms with E-state index in [-0.39, 0.29) is 0 Å². The number of thiophene rings is 1. The molecule has 3 heteroatoms. The van der Waals surface area contributed by atoms with Gasteiger partial charge in [0, 0.05) is 49.0 Å². The first-order chi connectivity index (χ1) is 19.4. The van der Waals surface area contributed by atoms with Crippen LogP contribution in [0.15, 0.2) is 146 Å². The van der Waals surface area contributed by atoms with Gasteiger partial charge in [0.05, 0.1) is 15.7 Å². The molecule has 0 aliphatic carbocycles. The van der Waals surface area contributed by atoms with Crippen LogP contribution in [0, 0.1) is 0 Å². The molecule has 0 unspecified atom stereocenters. The second kappa shape index (κ2) is 8.87. The van der Waals surface area contributed by atoms with Gasteiger partial charge in [0.2, 0.25) is 0 Å². The molecule has 184 valence electrons. The standard InChI is InChI=1S/C36H24N2S/c1-3-11-25(12-4-1)37(26-13-5-2-6-14-26)27-19-21-28(22-20-27)38-33-17-9-7-15-29(33)31-23-24-32-30-16-8-10-18-34(30)39-36(32)35(31)38/h1-24H. The zero-order valence-electron chi connectivity index (χ0n) is 21.2. The van der Waals surface area contributed by atoms with Gasteiger partial charge in [-0.05, 0) is 60.7 Å². The summed E-state index contributed by atoms with van der Waals surface area (Å²) in [4.78, 5) is 2.31. The molecule has 2 aromatic heterocycles. The van der Waals surface area contributed by atoms with Crippen molar-refractivity contribution >= 4 is 70.4 Å². The predicted octanol–water partition coefficient (Wildman–Crippen LogP) is 10.6. The Labute approximate surface area is 230 Å². The lowest BCUT2D eigenvalue weighted by atomic mass is 10.1. The molecule has 0 radical (unpaired) electrons. The number of hydrogen-bond donors (Lipinski definition) is 0. The molecule has 6 aromatic carbocycles. The van der Waals surface area contributed by atoms with Gasteiger partial charge in [-0.15, -0.1) is 11.3 Å². The number of aromatic nitrogens is 1. The van der Waals surface area contributed by atoms with Gasteiger partial charge in [-0.3, -0.25) is 0 Å². The normalized spacial score (nSPS) is 11.6. The smallest absolute Gasteiger partial charge is 0.0719 e. The number of rotatable bonds is 4. The largest absolute Gasteiger partial charge is 0.311 e. The fraction of sp³-hybridized carbons (Fsp3) is 0. The van der Waals surface area contributed by atoms with E-state index in [1.807, 2.05) is 11.3 Å². The van der Waals surface area contributed by atoms with Crippen molar-refractivity contribution in [1.82, 2.24) is 4.57 Å². The highest BCUT2D eigenvalue weighted by atomic mass is 32.1. The maximum atomic E-state index is 2.45. The van der Waals surface area contributed by atoms with Crippen LogP contribution in [0.25, 0.3) is 47.7 Å². The van der Waals surface area contributed by atoms with E-state index in [2.05, 4.69) is 155 Å². The first kappa shape index (κ1) is 22.2. The molecule has 0 saturated heterocycles. The molecule has 0 fully saturated rings. The Morgan fingerprint density at radius 3 is 1.72 bits per heavy atom. The number of nitrogens with zero attached hydrogens (tertiary/aromatic N) is 2. The summed E-state index contributed by atoms with van der Waals surface area (Å²) in [5.41, 5.74) is 7.08. The zero-order chi connectivity index (χ0) is 25.8. The third kappa shape index (κ3) is 3.48. The van der Waals surface area contributed by atoms with Crippen LogP contribution in [0.5, 0.6) is 0 Å². The summed E-state index contributed by atoms with van der Waals surface area (Å²) < 4.78 is 5.11. The number of para-hydroxylation sites is 3. The van der Waals surface area contributed by atoms with E-state index in [9.17, 15) is 0 Å². The third-order valence-corrected chi connectivity index (χ3v) is 8.77. The first-order valence-corrected chi connectivity index (χ1v) is 14.0. The van der Waals surface area contributed by atoms with Gasteiger partial charge >= 0.3 is 0 Å². The molecule has 0 amide bonds. The van der Waals surface area contributed by atoms with E-state index < -0.39 is 0 Å². The van der Waals surface area contributed by atoms with E-state index in [1.54, 1.807) is 0 Å². The SMILES string of the molecule is c1ccc(N(c2ccccc2)c2ccc(-n3c4ccccc4c4ccc5c6ccccc6sc5c43)cc2)cc1. The lowest BCUT2D eigenvalue weighted by molar-refractivity contribution is 1.18. The van der Waals surface area contributed by atoms with Crippen LogP contribution in [0.4, 0.5) is 17.1 Å². The van der Waals surface area contributed by atoms with Crippen molar-refractivity contribution in [2.24, 2.45) is 0 Å². The topological polar surface area (TPSA) is 8.17 Å². The minimum atomic E-state index is 1.13. The molecular formula is C36H24N2S. The van der Waals surface area contributed by atoms with Gasteiger partial charge in [0.15, 0.2) is 0 Å². The summed E-state index contributed by atoms with van der Waals surface area (Å²) in [5.74, 6) is 0. The lowest BCUT2D eigenvalue weighted by Crippen LogP contribution is -2.09. The van der Waals surface area contributed by atoms with Crippen LogP contribution in [0.2, 0.25) is 0 Å². The van der Waals surface area contributed by atoms with Crippen LogP contribution in [0.3, 0.4) is 0 Å². The van der Waals surface area contributed by atoms with E-state index in [0.717, 1.165) is 22.7 Å². The van der Waals surface area contributed by atoms with E-state index >= 15 is 0 Å². The number of fused-ring (bicyclic) bond motifs is 7. The van der Waals surface area contributed by atoms with E-state index in [4.69, 9.17) is 0 Å². The van der Waals surface area contributed by atoms with Crippen molar-refractivity contribution in [1.29, 1.82) is 0 Å². The Morgan fingerprint density at radius 2 is 1.00 bits per heavy atom. The van der Waals surface area contributed by atoms with Crippen molar-refractivity contribution < 1.29 is 0 Å². The maximum absolute atomic E-state index is 2.45. The van der Waals surface area contributed by atoms with Gasteiger partial charge < -0.3 is 9.47 Å². The van der Waals surface area contributed by atoms with Crippen LogP contribution >= 0.6 is 11.3 Å². The second-order valence-corrected chi connectivity index (χ2v) is 10.9. The van der Waals surface area contributed by atoms with Crippen molar-refractivity contribution in [3.8, 4) is 5.69 Å². The fourth-order valence-corrected chi connectivity index (χ4v) is 7.09. The van der Waals surface area contributed by atoms with Gasteiger partial charge in [0.25, 0.3) is 0 Å². The Bertz CT molecular complexity index is 2060. The molecule has 8 aromatic rings. The summed E-state index contributed by atoms with van der Waals surface area (Å²) in [6.45, 7) is 0. The van der Waals surface area contributed by atoms with Gasteiger partial charge in [-0.25, -0.2) is 0 Å². The minimum absolute atomic E-state index is 1.13. The molecule has 2 heterocycles. The molecule has 0 spiro atoms. The summed E-state index contributed by atoms with van der Waals surface area (Å²) in [6.07, 6.45) is 0. The zero-order valence-corrected chi connectivity index (χ0v) is 22.0. The van der Waals surface area contributed by atoms with Crippen molar-refractivity contribution in [2.75, 3.05) is 4.90 Å². The van der Waals surface area contributed by atoms with Crippen LogP contribution in [-0.4, -0.2) is 4.57 Å². The second-order valence-electron chi connectivity index (χ2n) is 9.81. The average Bonchev–Trinajstić information content (AvgIpc) is 3.55. The highest BCUT2D eigenvalue weighted by molar-refractivity contribution is 7.26. The van der Waals surface area contributed by atoms with Crippen LogP contribution < -0.4 is 4.90 Å². The monoisotopic (exact) mass is 516 g/mol. The Kier molecular flexibility index (Phi) is 5.04. The molecule has 0 saturated carbocycles. The van der Waals surface area contributed by atoms with Gasteiger partial charge in [-0.1, -0.05) is 84.9 Å². The molecule has 0 N–H and O–H groups in total. The molecule has 8 rings (SSSR count). The minimum Gasteiger partial charge on any atom is -0.311 e. The fourth-order valence-electron chi connectivity index (χ4n) is 5.85. The summed E-state index contributed by atoms with van der Waals surface area (Å²) in [5, 5.41) is 5.23. The predicted molar refractivity (Wildman–Crippen MR) is 168 cm³/mol. The van der Waals surface area contributed by atoms with Crippen molar-refractivity contribution in [3.63, 3.8) is 0 Å². The average molecular weight is 517 g/mol. The van der Waals surface area contributed by atoms with Crippen LogP contribution in [-0.2, 0) is 0 Å². The number of benzene rings is 6. The van der Waals surface area contributed by atoms with E-state index in [0.29, 0.717) is 0 Å². The van der Waals surface area contributed by atoms with Crippen molar-refractivity contribution in [2.45, 2.75) is 0 Å². The van der Waals surface area contributed by atoms with Gasteiger partial charge in [-0.2, -0.15) is 0 Å². The quantitative estimate of drug-likeness (QED) is 0.226. The van der Waals surface area contributed by atoms with Crippen molar-refractivity contribution in [3.05, 3.63) is 146 Å². The number of hydrogen-bond acceptors (Lipinski definition) is 2. The van der Waals surface area contributed by atoms with E-state index in [1.165, 1.54) is 42.0 Å². The molecular weight excluding hydrogens is 492 g/mol. The summed E-state index contributed by atoms with van der Waals surface area (Å²) in [6, 6.07) is 52.2. The molecule has 39 heavy (non-hydrogen) atoms. The highest BCUT2D eigenvalue weighted by Gasteiger charge is 2.18. The molecule has 2 nitrogen and oxygen atoms in total. The molecule has 0 aliphatic heterocycles.